The highest BCUT2D eigenvalue weighted by molar-refractivity contribution is 5.86. The minimum Gasteiger partial charge on any atom is -0.460 e. The van der Waals surface area contributed by atoms with Crippen molar-refractivity contribution < 1.29 is 19.1 Å². The Hall–Kier alpha value is -1.59. The van der Waals surface area contributed by atoms with Gasteiger partial charge in [0.05, 0.1) is 11.8 Å². The van der Waals surface area contributed by atoms with Crippen LogP contribution >= 0.6 is 0 Å². The Balaban J connectivity index is 1.49. The summed E-state index contributed by atoms with van der Waals surface area (Å²) in [6.45, 7) is 6.98. The first kappa shape index (κ1) is 16.3. The number of esters is 1. The molecule has 2 heterocycles. The second kappa shape index (κ2) is 5.80. The van der Waals surface area contributed by atoms with Crippen molar-refractivity contribution in [2.75, 3.05) is 19.6 Å². The third-order valence-corrected chi connectivity index (χ3v) is 4.71. The van der Waals surface area contributed by atoms with Crippen LogP contribution in [-0.4, -0.2) is 58.9 Å². The number of hydrogen-bond acceptors (Lipinski definition) is 4. The maximum absolute atomic E-state index is 12.6. The number of nitrogens with zero attached hydrogens (tertiary/aromatic N) is 2. The summed E-state index contributed by atoms with van der Waals surface area (Å²) in [6, 6.07) is 0.365. The van der Waals surface area contributed by atoms with E-state index in [-0.39, 0.29) is 29.6 Å². The summed E-state index contributed by atoms with van der Waals surface area (Å²) in [4.78, 5) is 40.1. The zero-order chi connectivity index (χ0) is 16.8. The minimum atomic E-state index is -0.490. The average molecular weight is 322 g/mol. The SMILES string of the molecule is CC(C)(C)OC(=O)C1CN(C(=O)C2CCC(=O)N(C3CC3)C2)C1. The summed E-state index contributed by atoms with van der Waals surface area (Å²) < 4.78 is 5.36. The van der Waals surface area contributed by atoms with Crippen LogP contribution in [0, 0.1) is 11.8 Å². The van der Waals surface area contributed by atoms with Crippen molar-refractivity contribution in [2.24, 2.45) is 11.8 Å². The lowest BCUT2D eigenvalue weighted by Gasteiger charge is -2.42. The lowest BCUT2D eigenvalue weighted by Crippen LogP contribution is -2.57. The van der Waals surface area contributed by atoms with Gasteiger partial charge in [-0.25, -0.2) is 0 Å². The predicted octanol–water partition coefficient (Wildman–Crippen LogP) is 1.19. The van der Waals surface area contributed by atoms with E-state index in [1.165, 1.54) is 0 Å². The number of rotatable bonds is 3. The second-order valence-electron chi connectivity index (χ2n) is 7.99. The predicted molar refractivity (Wildman–Crippen MR) is 83.4 cm³/mol. The van der Waals surface area contributed by atoms with E-state index >= 15 is 0 Å². The summed E-state index contributed by atoms with van der Waals surface area (Å²) in [5.74, 6) is -0.259. The van der Waals surface area contributed by atoms with Gasteiger partial charge in [-0.15, -0.1) is 0 Å². The fourth-order valence-electron chi connectivity index (χ4n) is 3.26. The first-order chi connectivity index (χ1) is 10.7. The fourth-order valence-corrected chi connectivity index (χ4v) is 3.26. The smallest absolute Gasteiger partial charge is 0.313 e. The first-order valence-electron chi connectivity index (χ1n) is 8.56. The van der Waals surface area contributed by atoms with Gasteiger partial charge in [-0.05, 0) is 40.0 Å². The monoisotopic (exact) mass is 322 g/mol. The van der Waals surface area contributed by atoms with Crippen LogP contribution in [0.2, 0.25) is 0 Å². The number of piperidine rings is 1. The molecule has 3 fully saturated rings. The van der Waals surface area contributed by atoms with Crippen molar-refractivity contribution in [1.82, 2.24) is 9.80 Å². The maximum Gasteiger partial charge on any atom is 0.313 e. The van der Waals surface area contributed by atoms with Gasteiger partial charge in [0.2, 0.25) is 11.8 Å². The zero-order valence-corrected chi connectivity index (χ0v) is 14.2. The molecule has 3 aliphatic rings. The molecule has 128 valence electrons. The number of likely N-dealkylation sites (tertiary alicyclic amines) is 2. The highest BCUT2D eigenvalue weighted by atomic mass is 16.6. The molecule has 0 aromatic heterocycles. The molecule has 0 aromatic rings. The summed E-state index contributed by atoms with van der Waals surface area (Å²) in [5.41, 5.74) is -0.490. The van der Waals surface area contributed by atoms with Crippen LogP contribution in [0.5, 0.6) is 0 Å². The Morgan fingerprint density at radius 1 is 1.04 bits per heavy atom. The van der Waals surface area contributed by atoms with Crippen LogP contribution < -0.4 is 0 Å². The Kier molecular flexibility index (Phi) is 4.10. The zero-order valence-electron chi connectivity index (χ0n) is 14.2. The highest BCUT2D eigenvalue weighted by Gasteiger charge is 2.43. The number of hydrogen-bond donors (Lipinski definition) is 0. The van der Waals surface area contributed by atoms with Crippen molar-refractivity contribution in [2.45, 2.75) is 58.1 Å². The first-order valence-corrected chi connectivity index (χ1v) is 8.56. The molecule has 2 amide bonds. The van der Waals surface area contributed by atoms with Crippen molar-refractivity contribution in [1.29, 1.82) is 0 Å². The van der Waals surface area contributed by atoms with E-state index in [0.29, 0.717) is 38.5 Å². The minimum absolute atomic E-state index is 0.0861. The van der Waals surface area contributed by atoms with Crippen molar-refractivity contribution >= 4 is 17.8 Å². The van der Waals surface area contributed by atoms with Gasteiger partial charge in [-0.1, -0.05) is 0 Å². The van der Waals surface area contributed by atoms with Gasteiger partial charge in [0, 0.05) is 32.1 Å². The molecular formula is C17H26N2O4. The Bertz CT molecular complexity index is 515. The van der Waals surface area contributed by atoms with E-state index in [9.17, 15) is 14.4 Å². The highest BCUT2D eigenvalue weighted by Crippen LogP contribution is 2.33. The molecular weight excluding hydrogens is 296 g/mol. The summed E-state index contributed by atoms with van der Waals surface area (Å²) in [5, 5.41) is 0. The Labute approximate surface area is 137 Å². The molecule has 1 unspecified atom stereocenters. The molecule has 0 aromatic carbocycles. The molecule has 2 aliphatic heterocycles. The van der Waals surface area contributed by atoms with E-state index in [4.69, 9.17) is 4.74 Å². The van der Waals surface area contributed by atoms with Crippen molar-refractivity contribution in [3.63, 3.8) is 0 Å². The largest absolute Gasteiger partial charge is 0.460 e. The number of amides is 2. The molecule has 23 heavy (non-hydrogen) atoms. The van der Waals surface area contributed by atoms with Gasteiger partial charge in [-0.3, -0.25) is 14.4 Å². The fraction of sp³-hybridized carbons (Fsp3) is 0.824. The number of ether oxygens (including phenoxy) is 1. The number of carbonyl (C=O) groups is 3. The van der Waals surface area contributed by atoms with E-state index in [0.717, 1.165) is 12.8 Å². The molecule has 2 saturated heterocycles. The molecule has 1 saturated carbocycles. The van der Waals surface area contributed by atoms with E-state index in [2.05, 4.69) is 0 Å². The van der Waals surface area contributed by atoms with Crippen LogP contribution in [0.25, 0.3) is 0 Å². The second-order valence-corrected chi connectivity index (χ2v) is 7.99. The third-order valence-electron chi connectivity index (χ3n) is 4.71. The molecule has 0 radical (unpaired) electrons. The van der Waals surface area contributed by atoms with Gasteiger partial charge in [-0.2, -0.15) is 0 Å². The molecule has 1 atom stereocenters. The van der Waals surface area contributed by atoms with Crippen LogP contribution in [0.3, 0.4) is 0 Å². The van der Waals surface area contributed by atoms with Crippen LogP contribution in [0.1, 0.15) is 46.5 Å². The van der Waals surface area contributed by atoms with E-state index in [1.54, 1.807) is 4.90 Å². The standard InChI is InChI=1S/C17H26N2O4/c1-17(2,3)23-16(22)12-8-18(9-12)15(21)11-4-7-14(20)19(10-11)13-5-6-13/h11-13H,4-10H2,1-3H3. The van der Waals surface area contributed by atoms with Gasteiger partial charge in [0.25, 0.3) is 0 Å². The molecule has 3 rings (SSSR count). The number of carbonyl (C=O) groups excluding carboxylic acids is 3. The molecule has 0 spiro atoms. The van der Waals surface area contributed by atoms with E-state index < -0.39 is 5.60 Å². The molecule has 0 N–H and O–H groups in total. The Morgan fingerprint density at radius 3 is 2.26 bits per heavy atom. The van der Waals surface area contributed by atoms with Crippen molar-refractivity contribution in [3.05, 3.63) is 0 Å². The summed E-state index contributed by atoms with van der Waals surface area (Å²) >= 11 is 0. The van der Waals surface area contributed by atoms with E-state index in [1.807, 2.05) is 25.7 Å². The lowest BCUT2D eigenvalue weighted by molar-refractivity contribution is -0.169. The normalized spacial score (nSPS) is 26.0. The lowest BCUT2D eigenvalue weighted by atomic mass is 9.92. The van der Waals surface area contributed by atoms with Crippen LogP contribution in [0.4, 0.5) is 0 Å². The molecule has 6 nitrogen and oxygen atoms in total. The molecule has 0 bridgehead atoms. The summed E-state index contributed by atoms with van der Waals surface area (Å²) in [7, 11) is 0. The van der Waals surface area contributed by atoms with Gasteiger partial charge >= 0.3 is 5.97 Å². The quantitative estimate of drug-likeness (QED) is 0.732. The van der Waals surface area contributed by atoms with Crippen LogP contribution in [-0.2, 0) is 19.1 Å². The van der Waals surface area contributed by atoms with Gasteiger partial charge in [0.1, 0.15) is 5.60 Å². The third kappa shape index (κ3) is 3.67. The van der Waals surface area contributed by atoms with Gasteiger partial charge in [0.15, 0.2) is 0 Å². The maximum atomic E-state index is 12.6. The van der Waals surface area contributed by atoms with Crippen LogP contribution in [0.15, 0.2) is 0 Å². The Morgan fingerprint density at radius 2 is 1.70 bits per heavy atom. The molecule has 6 heteroatoms. The topological polar surface area (TPSA) is 66.9 Å². The molecule has 1 aliphatic carbocycles. The van der Waals surface area contributed by atoms with Crippen molar-refractivity contribution in [3.8, 4) is 0 Å². The summed E-state index contributed by atoms with van der Waals surface area (Å²) in [6.07, 6.45) is 3.24. The average Bonchev–Trinajstić information content (AvgIpc) is 3.19. The van der Waals surface area contributed by atoms with Gasteiger partial charge < -0.3 is 14.5 Å².